The summed E-state index contributed by atoms with van der Waals surface area (Å²) >= 11 is 0. The Morgan fingerprint density at radius 3 is 2.03 bits per heavy atom. The van der Waals surface area contributed by atoms with E-state index >= 15 is 0 Å². The maximum absolute atomic E-state index is 10.1. The number of aromatic nitrogens is 1. The van der Waals surface area contributed by atoms with Crippen LogP contribution in [0.25, 0.3) is 49.0 Å². The van der Waals surface area contributed by atoms with Crippen LogP contribution < -0.4 is 0 Å². The number of benzene rings is 4. The third-order valence-electron chi connectivity index (χ3n) is 7.03. The van der Waals surface area contributed by atoms with E-state index in [1.54, 1.807) is 0 Å². The first-order valence-electron chi connectivity index (χ1n) is 11.1. The van der Waals surface area contributed by atoms with Gasteiger partial charge in [-0.05, 0) is 40.6 Å². The normalized spacial score (nSPS) is 21.0. The fourth-order valence-electron chi connectivity index (χ4n) is 5.51. The Labute approximate surface area is 186 Å². The molecule has 1 aliphatic carbocycles. The summed E-state index contributed by atoms with van der Waals surface area (Å²) in [5.74, 6) is -0.282. The third kappa shape index (κ3) is 2.46. The molecule has 32 heavy (non-hydrogen) atoms. The topological polar surface area (TPSA) is 52.5 Å². The average Bonchev–Trinajstić information content (AvgIpc) is 3.19. The Hall–Kier alpha value is -4.08. The quantitative estimate of drug-likeness (QED) is 0.273. The second-order valence-corrected chi connectivity index (χ2v) is 8.81. The molecule has 1 aliphatic rings. The molecule has 0 amide bonds. The van der Waals surface area contributed by atoms with Crippen molar-refractivity contribution in [3.05, 3.63) is 78.9 Å². The Morgan fingerprint density at radius 1 is 0.750 bits per heavy atom. The number of allylic oxidation sites excluding steroid dienone is 2. The minimum absolute atomic E-state index is 0.166. The molecule has 0 fully saturated rings. The second kappa shape index (κ2) is 6.98. The van der Waals surface area contributed by atoms with Crippen molar-refractivity contribution in [2.75, 3.05) is 0 Å². The van der Waals surface area contributed by atoms with Crippen molar-refractivity contribution in [2.24, 2.45) is 17.8 Å². The minimum atomic E-state index is -0.251. The van der Waals surface area contributed by atoms with Gasteiger partial charge in [-0.25, -0.2) is 0 Å². The standard InChI is InChI=1S/C29H21N3/c1-18-14-20(17-31)27(15-19(18)16-30)32-26-13-7-6-12-25(26)28-23-10-4-2-8-21(23)22-9-3-5-11-24(22)29(28)32/h2-13,15,18-20H,14H2,1H3/t18-,19?,20?/m0/s1. The van der Waals surface area contributed by atoms with Crippen molar-refractivity contribution < 1.29 is 0 Å². The highest BCUT2D eigenvalue weighted by Crippen LogP contribution is 2.45. The molecule has 3 nitrogen and oxygen atoms in total. The summed E-state index contributed by atoms with van der Waals surface area (Å²) in [5.41, 5.74) is 3.14. The number of para-hydroxylation sites is 1. The fourth-order valence-corrected chi connectivity index (χ4v) is 5.51. The van der Waals surface area contributed by atoms with Crippen molar-refractivity contribution in [2.45, 2.75) is 13.3 Å². The Balaban J connectivity index is 1.89. The average molecular weight is 412 g/mol. The number of hydrogen-bond acceptors (Lipinski definition) is 2. The maximum Gasteiger partial charge on any atom is 0.0868 e. The SMILES string of the molecule is C[C@H]1CC(C#N)C(n2c3ccccc3c3c4ccccc4c4ccccc4c32)=CC1C#N. The number of hydrogen-bond donors (Lipinski definition) is 0. The molecule has 0 aliphatic heterocycles. The molecule has 0 bridgehead atoms. The van der Waals surface area contributed by atoms with Gasteiger partial charge in [-0.3, -0.25) is 0 Å². The molecule has 0 radical (unpaired) electrons. The predicted molar refractivity (Wildman–Crippen MR) is 131 cm³/mol. The van der Waals surface area contributed by atoms with Crippen LogP contribution >= 0.6 is 0 Å². The van der Waals surface area contributed by atoms with Crippen LogP contribution in [0.4, 0.5) is 0 Å². The van der Waals surface area contributed by atoms with E-state index in [4.69, 9.17) is 0 Å². The van der Waals surface area contributed by atoms with E-state index < -0.39 is 0 Å². The molecule has 1 aromatic heterocycles. The lowest BCUT2D eigenvalue weighted by molar-refractivity contribution is 0.419. The van der Waals surface area contributed by atoms with Gasteiger partial charge in [0.15, 0.2) is 0 Å². The predicted octanol–water partition coefficient (Wildman–Crippen LogP) is 7.26. The van der Waals surface area contributed by atoms with E-state index in [9.17, 15) is 10.5 Å². The summed E-state index contributed by atoms with van der Waals surface area (Å²) in [6.07, 6.45) is 2.73. The lowest BCUT2D eigenvalue weighted by Gasteiger charge is -2.28. The number of nitriles is 2. The van der Waals surface area contributed by atoms with Gasteiger partial charge in [0.2, 0.25) is 0 Å². The monoisotopic (exact) mass is 411 g/mol. The molecule has 0 N–H and O–H groups in total. The zero-order valence-electron chi connectivity index (χ0n) is 17.8. The minimum Gasteiger partial charge on any atom is -0.311 e. The van der Waals surface area contributed by atoms with Gasteiger partial charge in [0.1, 0.15) is 0 Å². The summed E-state index contributed by atoms with van der Waals surface area (Å²) in [6.45, 7) is 2.07. The zero-order valence-corrected chi connectivity index (χ0v) is 17.8. The maximum atomic E-state index is 10.1. The summed E-state index contributed by atoms with van der Waals surface area (Å²) < 4.78 is 2.27. The van der Waals surface area contributed by atoms with Gasteiger partial charge in [0.05, 0.1) is 35.0 Å². The van der Waals surface area contributed by atoms with E-state index in [-0.39, 0.29) is 17.8 Å². The van der Waals surface area contributed by atoms with Crippen molar-refractivity contribution in [3.63, 3.8) is 0 Å². The number of fused-ring (bicyclic) bond motifs is 8. The first kappa shape index (κ1) is 18.7. The first-order valence-corrected chi connectivity index (χ1v) is 11.1. The van der Waals surface area contributed by atoms with Crippen molar-refractivity contribution in [3.8, 4) is 12.1 Å². The van der Waals surface area contributed by atoms with Gasteiger partial charge in [-0.1, -0.05) is 73.7 Å². The summed E-state index contributed by atoms with van der Waals surface area (Å²) in [4.78, 5) is 0. The second-order valence-electron chi connectivity index (χ2n) is 8.81. The molecule has 6 rings (SSSR count). The lowest BCUT2D eigenvalue weighted by Crippen LogP contribution is -2.22. The first-order chi connectivity index (χ1) is 15.7. The number of nitrogens with zero attached hydrogens (tertiary/aromatic N) is 3. The molecule has 0 saturated carbocycles. The van der Waals surface area contributed by atoms with Gasteiger partial charge in [0, 0.05) is 21.9 Å². The van der Waals surface area contributed by atoms with Crippen LogP contribution in [0.1, 0.15) is 13.3 Å². The van der Waals surface area contributed by atoms with E-state index in [0.29, 0.717) is 6.42 Å². The summed E-state index contributed by atoms with van der Waals surface area (Å²) in [5, 5.41) is 27.1. The Bertz CT molecular complexity index is 1660. The Morgan fingerprint density at radius 2 is 1.34 bits per heavy atom. The largest absolute Gasteiger partial charge is 0.311 e. The van der Waals surface area contributed by atoms with Crippen LogP contribution in [0.5, 0.6) is 0 Å². The molecule has 0 saturated heterocycles. The van der Waals surface area contributed by atoms with E-state index in [0.717, 1.165) is 16.7 Å². The molecule has 1 heterocycles. The fraction of sp³-hybridized carbons (Fsp3) is 0.172. The van der Waals surface area contributed by atoms with Crippen LogP contribution in [0.2, 0.25) is 0 Å². The highest BCUT2D eigenvalue weighted by molar-refractivity contribution is 6.32. The Kier molecular flexibility index (Phi) is 4.07. The highest BCUT2D eigenvalue weighted by Gasteiger charge is 2.31. The molecule has 152 valence electrons. The van der Waals surface area contributed by atoms with Crippen LogP contribution in [-0.2, 0) is 0 Å². The van der Waals surface area contributed by atoms with Crippen LogP contribution in [-0.4, -0.2) is 4.57 Å². The molecule has 0 spiro atoms. The summed E-state index contributed by atoms with van der Waals surface area (Å²) in [6, 6.07) is 30.5. The molecule has 5 aromatic rings. The van der Waals surface area contributed by atoms with Gasteiger partial charge >= 0.3 is 0 Å². The molecular weight excluding hydrogens is 390 g/mol. The molecule has 3 atom stereocenters. The van der Waals surface area contributed by atoms with Crippen molar-refractivity contribution >= 4 is 49.0 Å². The van der Waals surface area contributed by atoms with Gasteiger partial charge < -0.3 is 4.57 Å². The van der Waals surface area contributed by atoms with E-state index in [2.05, 4.69) is 96.4 Å². The van der Waals surface area contributed by atoms with Crippen LogP contribution in [0, 0.1) is 40.4 Å². The van der Waals surface area contributed by atoms with E-state index in [1.165, 1.54) is 32.3 Å². The van der Waals surface area contributed by atoms with Crippen molar-refractivity contribution in [1.82, 2.24) is 4.57 Å². The molecule has 3 heteroatoms. The van der Waals surface area contributed by atoms with E-state index in [1.807, 2.05) is 6.08 Å². The zero-order chi connectivity index (χ0) is 21.8. The lowest BCUT2D eigenvalue weighted by atomic mass is 9.79. The van der Waals surface area contributed by atoms with Gasteiger partial charge in [-0.2, -0.15) is 10.5 Å². The highest BCUT2D eigenvalue weighted by atomic mass is 15.0. The number of rotatable bonds is 1. The molecular formula is C29H21N3. The smallest absolute Gasteiger partial charge is 0.0868 e. The molecule has 4 aromatic carbocycles. The van der Waals surface area contributed by atoms with Gasteiger partial charge in [0.25, 0.3) is 0 Å². The van der Waals surface area contributed by atoms with Crippen LogP contribution in [0.15, 0.2) is 78.9 Å². The third-order valence-corrected chi connectivity index (χ3v) is 7.03. The van der Waals surface area contributed by atoms with Gasteiger partial charge in [-0.15, -0.1) is 0 Å². The van der Waals surface area contributed by atoms with Crippen molar-refractivity contribution in [1.29, 1.82) is 10.5 Å². The summed E-state index contributed by atoms with van der Waals surface area (Å²) in [7, 11) is 0. The van der Waals surface area contributed by atoms with Crippen LogP contribution in [0.3, 0.4) is 0 Å². The molecule has 2 unspecified atom stereocenters.